The maximum absolute atomic E-state index is 10.2. The number of ether oxygens (including phenoxy) is 2. The summed E-state index contributed by atoms with van der Waals surface area (Å²) in [5.41, 5.74) is 2.93. The van der Waals surface area contributed by atoms with Crippen LogP contribution < -0.4 is 9.47 Å². The molecule has 0 saturated carbocycles. The number of hydrogen-bond acceptors (Lipinski definition) is 4. The summed E-state index contributed by atoms with van der Waals surface area (Å²) in [6.45, 7) is 4.65. The Morgan fingerprint density at radius 1 is 0.913 bits per heavy atom. The van der Waals surface area contributed by atoms with E-state index in [9.17, 15) is 4.79 Å². The quantitative estimate of drug-likeness (QED) is 0.480. The van der Waals surface area contributed by atoms with Gasteiger partial charge in [0.05, 0.1) is 5.69 Å². The Balaban J connectivity index is 1.79. The van der Waals surface area contributed by atoms with Crippen molar-refractivity contribution in [1.82, 2.24) is 0 Å². The van der Waals surface area contributed by atoms with E-state index >= 15 is 0 Å². The first-order valence-electron chi connectivity index (χ1n) is 7.15. The molecule has 2 rings (SSSR count). The molecule has 0 saturated heterocycles. The summed E-state index contributed by atoms with van der Waals surface area (Å²) in [5, 5.41) is 0. The Morgan fingerprint density at radius 3 is 2.26 bits per heavy atom. The van der Waals surface area contributed by atoms with Gasteiger partial charge in [-0.25, -0.2) is 4.79 Å². The van der Waals surface area contributed by atoms with Crippen molar-refractivity contribution in [1.29, 1.82) is 0 Å². The minimum Gasteiger partial charge on any atom is -0.481 e. The summed E-state index contributed by atoms with van der Waals surface area (Å²) in [5.74, 6) is 7.18. The molecule has 0 aliphatic rings. The molecule has 0 bridgehead atoms. The summed E-state index contributed by atoms with van der Waals surface area (Å²) >= 11 is 0. The Bertz CT molecular complexity index is 781. The molecular formula is C19H17NO3. The van der Waals surface area contributed by atoms with Crippen LogP contribution in [0.2, 0.25) is 0 Å². The summed E-state index contributed by atoms with van der Waals surface area (Å²) in [4.78, 5) is 13.7. The molecule has 0 radical (unpaired) electrons. The third kappa shape index (κ3) is 5.35. The van der Waals surface area contributed by atoms with Crippen molar-refractivity contribution in [2.24, 2.45) is 4.99 Å². The largest absolute Gasteiger partial charge is 0.481 e. The van der Waals surface area contributed by atoms with Gasteiger partial charge in [-0.05, 0) is 49.2 Å². The molecule has 0 amide bonds. The first-order chi connectivity index (χ1) is 11.2. The maximum atomic E-state index is 10.2. The Hall–Kier alpha value is -3.02. The average Bonchev–Trinajstić information content (AvgIpc) is 2.55. The molecule has 4 heteroatoms. The molecule has 2 aromatic carbocycles. The second-order valence-electron chi connectivity index (χ2n) is 4.88. The van der Waals surface area contributed by atoms with Crippen molar-refractivity contribution in [3.8, 4) is 23.3 Å². The minimum atomic E-state index is 0.241. The van der Waals surface area contributed by atoms with Gasteiger partial charge in [-0.2, -0.15) is 4.99 Å². The van der Waals surface area contributed by atoms with Gasteiger partial charge in [0.2, 0.25) is 6.08 Å². The van der Waals surface area contributed by atoms with E-state index in [2.05, 4.69) is 23.8 Å². The van der Waals surface area contributed by atoms with Crippen LogP contribution in [0, 0.1) is 25.7 Å². The van der Waals surface area contributed by atoms with Crippen molar-refractivity contribution < 1.29 is 14.3 Å². The zero-order valence-electron chi connectivity index (χ0n) is 13.1. The average molecular weight is 307 g/mol. The highest BCUT2D eigenvalue weighted by Gasteiger charge is 1.96. The fraction of sp³-hybridized carbons (Fsp3) is 0.211. The third-order valence-electron chi connectivity index (χ3n) is 3.22. The molecule has 4 nitrogen and oxygen atoms in total. The Kier molecular flexibility index (Phi) is 5.99. The molecule has 0 aromatic heterocycles. The minimum absolute atomic E-state index is 0.241. The first kappa shape index (κ1) is 16.4. The highest BCUT2D eigenvalue weighted by molar-refractivity contribution is 5.51. The predicted molar refractivity (Wildman–Crippen MR) is 88.9 cm³/mol. The Labute approximate surface area is 135 Å². The van der Waals surface area contributed by atoms with E-state index in [1.165, 1.54) is 17.2 Å². The van der Waals surface area contributed by atoms with Crippen LogP contribution in [0.3, 0.4) is 0 Å². The molecule has 2 aromatic rings. The van der Waals surface area contributed by atoms with Gasteiger partial charge in [0.1, 0.15) is 24.7 Å². The van der Waals surface area contributed by atoms with Crippen LogP contribution in [-0.4, -0.2) is 19.3 Å². The van der Waals surface area contributed by atoms with Crippen LogP contribution in [-0.2, 0) is 4.79 Å². The normalized spacial score (nSPS) is 9.30. The van der Waals surface area contributed by atoms with Gasteiger partial charge >= 0.3 is 0 Å². The van der Waals surface area contributed by atoms with E-state index in [1.807, 2.05) is 25.1 Å². The molecule has 0 unspecified atom stereocenters. The molecule has 116 valence electrons. The number of hydrogen-bond donors (Lipinski definition) is 0. The zero-order chi connectivity index (χ0) is 16.5. The highest BCUT2D eigenvalue weighted by Crippen LogP contribution is 2.19. The summed E-state index contributed by atoms with van der Waals surface area (Å²) in [6, 6.07) is 12.8. The van der Waals surface area contributed by atoms with E-state index < -0.39 is 0 Å². The monoisotopic (exact) mass is 307 g/mol. The van der Waals surface area contributed by atoms with Gasteiger partial charge in [-0.3, -0.25) is 0 Å². The fourth-order valence-electron chi connectivity index (χ4n) is 1.84. The smallest absolute Gasteiger partial charge is 0.240 e. The predicted octanol–water partition coefficient (Wildman–Crippen LogP) is 3.73. The second kappa shape index (κ2) is 8.43. The molecule has 0 aliphatic carbocycles. The number of isocyanates is 1. The molecule has 0 heterocycles. The molecule has 0 spiro atoms. The van der Waals surface area contributed by atoms with Crippen LogP contribution >= 0.6 is 0 Å². The molecule has 0 N–H and O–H groups in total. The van der Waals surface area contributed by atoms with Crippen LogP contribution in [0.5, 0.6) is 11.5 Å². The van der Waals surface area contributed by atoms with E-state index in [0.717, 1.165) is 5.75 Å². The van der Waals surface area contributed by atoms with Crippen LogP contribution in [0.25, 0.3) is 0 Å². The molecule has 0 aliphatic heterocycles. The van der Waals surface area contributed by atoms with E-state index in [-0.39, 0.29) is 6.61 Å². The zero-order valence-corrected chi connectivity index (χ0v) is 13.1. The van der Waals surface area contributed by atoms with E-state index in [1.54, 1.807) is 24.3 Å². The second-order valence-corrected chi connectivity index (χ2v) is 4.88. The summed E-state index contributed by atoms with van der Waals surface area (Å²) < 4.78 is 11.0. The highest BCUT2D eigenvalue weighted by atomic mass is 16.5. The Morgan fingerprint density at radius 2 is 1.61 bits per heavy atom. The van der Waals surface area contributed by atoms with Gasteiger partial charge < -0.3 is 9.47 Å². The van der Waals surface area contributed by atoms with Crippen molar-refractivity contribution in [2.45, 2.75) is 13.8 Å². The lowest BCUT2D eigenvalue weighted by atomic mass is 10.1. The van der Waals surface area contributed by atoms with Crippen molar-refractivity contribution in [3.63, 3.8) is 0 Å². The fourth-order valence-corrected chi connectivity index (χ4v) is 1.84. The number of benzene rings is 2. The van der Waals surface area contributed by atoms with Gasteiger partial charge in [0, 0.05) is 6.07 Å². The van der Waals surface area contributed by atoms with E-state index in [4.69, 9.17) is 9.47 Å². The number of nitrogens with zero attached hydrogens (tertiary/aromatic N) is 1. The van der Waals surface area contributed by atoms with E-state index in [0.29, 0.717) is 18.0 Å². The van der Waals surface area contributed by atoms with Gasteiger partial charge in [-0.15, -0.1) is 0 Å². The summed E-state index contributed by atoms with van der Waals surface area (Å²) in [7, 11) is 0. The molecule has 0 fully saturated rings. The third-order valence-corrected chi connectivity index (χ3v) is 3.22. The standard InChI is InChI=1S/C19H17NO3/c1-15-8-9-19(12-16(15)2)23-11-4-3-10-22-18-7-5-6-17(13-18)20-14-21/h5-9,12-13H,10-11H2,1-2H3. The van der Waals surface area contributed by atoms with Crippen LogP contribution in [0.15, 0.2) is 47.5 Å². The van der Waals surface area contributed by atoms with Crippen molar-refractivity contribution >= 4 is 11.8 Å². The lowest BCUT2D eigenvalue weighted by molar-refractivity contribution is 0.362. The topological polar surface area (TPSA) is 47.9 Å². The molecular weight excluding hydrogens is 290 g/mol. The van der Waals surface area contributed by atoms with Crippen molar-refractivity contribution in [3.05, 3.63) is 53.6 Å². The summed E-state index contributed by atoms with van der Waals surface area (Å²) in [6.07, 6.45) is 1.49. The molecule has 23 heavy (non-hydrogen) atoms. The number of rotatable bonds is 5. The maximum Gasteiger partial charge on any atom is 0.240 e. The van der Waals surface area contributed by atoms with Gasteiger partial charge in [-0.1, -0.05) is 24.0 Å². The lowest BCUT2D eigenvalue weighted by Crippen LogP contribution is -1.97. The lowest BCUT2D eigenvalue weighted by Gasteiger charge is -2.05. The van der Waals surface area contributed by atoms with Crippen LogP contribution in [0.1, 0.15) is 11.1 Å². The SMILES string of the molecule is Cc1ccc(OCC#CCOc2cccc(N=C=O)c2)cc1C. The first-order valence-corrected chi connectivity index (χ1v) is 7.15. The van der Waals surface area contributed by atoms with Crippen LogP contribution in [0.4, 0.5) is 5.69 Å². The molecule has 0 atom stereocenters. The number of aliphatic imine (C=N–C) groups is 1. The van der Waals surface area contributed by atoms with Gasteiger partial charge in [0.25, 0.3) is 0 Å². The number of aryl methyl sites for hydroxylation is 2. The number of carbonyl (C=O) groups excluding carboxylic acids is 1. The van der Waals surface area contributed by atoms with Crippen molar-refractivity contribution in [2.75, 3.05) is 13.2 Å². The van der Waals surface area contributed by atoms with Gasteiger partial charge in [0.15, 0.2) is 0 Å².